The molecule has 1 aliphatic heterocycles. The van der Waals surface area contributed by atoms with Gasteiger partial charge in [0.2, 0.25) is 0 Å². The molecule has 1 fully saturated rings. The lowest BCUT2D eigenvalue weighted by Crippen LogP contribution is -2.55. The molecule has 1 rings (SSSR count). The average molecular weight is 767 g/mol. The van der Waals surface area contributed by atoms with E-state index in [-0.39, 0.29) is 26.1 Å². The fourth-order valence-electron chi connectivity index (χ4n) is 5.26. The maximum Gasteiger partial charge on any atom is 0.306 e. The van der Waals surface area contributed by atoms with Gasteiger partial charge in [0, 0.05) is 18.8 Å². The molecule has 6 unspecified atom stereocenters. The normalized spacial score (nSPS) is 21.7. The highest BCUT2D eigenvalue weighted by molar-refractivity contribution is 5.70. The minimum atomic E-state index is -1.26. The van der Waals surface area contributed by atoms with E-state index in [0.717, 1.165) is 64.2 Å². The van der Waals surface area contributed by atoms with Crippen molar-refractivity contribution < 1.29 is 43.9 Å². The van der Waals surface area contributed by atoms with Crippen molar-refractivity contribution in [2.45, 2.75) is 141 Å². The summed E-state index contributed by atoms with van der Waals surface area (Å²) < 4.78 is 22.6. The van der Waals surface area contributed by atoms with Crippen LogP contribution in [0.15, 0.2) is 109 Å². The summed E-state index contributed by atoms with van der Waals surface area (Å²) in [5, 5.41) is 30.1. The molecule has 1 aliphatic rings. The highest BCUT2D eigenvalue weighted by Crippen LogP contribution is 2.27. The zero-order chi connectivity index (χ0) is 40.2. The minimum Gasteiger partial charge on any atom is -0.462 e. The van der Waals surface area contributed by atoms with Gasteiger partial charge >= 0.3 is 11.9 Å². The van der Waals surface area contributed by atoms with Crippen LogP contribution in [-0.2, 0) is 28.5 Å². The zero-order valence-corrected chi connectivity index (χ0v) is 33.7. The number of ether oxygens (including phenoxy) is 4. The largest absolute Gasteiger partial charge is 0.462 e. The van der Waals surface area contributed by atoms with Crippen molar-refractivity contribution in [3.05, 3.63) is 109 Å². The van der Waals surface area contributed by atoms with E-state index in [1.54, 1.807) is 6.92 Å². The van der Waals surface area contributed by atoms with Crippen molar-refractivity contribution in [3.8, 4) is 0 Å². The van der Waals surface area contributed by atoms with E-state index in [2.05, 4.69) is 111 Å². The molecule has 308 valence electrons. The van der Waals surface area contributed by atoms with Crippen molar-refractivity contribution in [2.75, 3.05) is 19.8 Å². The topological polar surface area (TPSA) is 132 Å². The lowest BCUT2D eigenvalue weighted by atomic mass is 9.92. The summed E-state index contributed by atoms with van der Waals surface area (Å²) in [7, 11) is 0. The van der Waals surface area contributed by atoms with Crippen LogP contribution in [0.2, 0.25) is 0 Å². The monoisotopic (exact) mass is 767 g/mol. The highest BCUT2D eigenvalue weighted by atomic mass is 16.7. The van der Waals surface area contributed by atoms with E-state index < -0.39 is 55.2 Å². The Morgan fingerprint density at radius 2 is 1.05 bits per heavy atom. The van der Waals surface area contributed by atoms with Gasteiger partial charge in [-0.3, -0.25) is 9.59 Å². The molecular weight excluding hydrogens is 696 g/mol. The van der Waals surface area contributed by atoms with Gasteiger partial charge in [-0.1, -0.05) is 130 Å². The number of unbranched alkanes of at least 4 members (excludes halogenated alkanes) is 1. The van der Waals surface area contributed by atoms with Crippen LogP contribution in [0.4, 0.5) is 0 Å². The fraction of sp³-hybridized carbons (Fsp3) is 0.565. The molecule has 0 aromatic heterocycles. The standard InChI is InChI=1S/C46H70O9/c1-4-6-8-10-12-14-16-18-19-20-21-23-24-26-28-30-32-34-42(48)52-37-40(38-53-46-39(3)44(50)45(51)41(36-47)55-46)54-43(49)35-33-31-29-27-25-22-17-15-13-11-9-7-5-2/h6-9,12-15,18-19,21-23,25-26,28-29,31,39-41,44-47,50-51H,4-5,10-11,16-17,20,24,27,30,32-38H2,1-3H3/b8-6-,9-7-,14-12-,15-13-,19-18-,23-21-,25-22-,28-26-,31-29-. The van der Waals surface area contributed by atoms with Gasteiger partial charge < -0.3 is 34.3 Å². The first-order valence-corrected chi connectivity index (χ1v) is 20.3. The van der Waals surface area contributed by atoms with Crippen LogP contribution in [-0.4, -0.2) is 77.8 Å². The van der Waals surface area contributed by atoms with Crippen molar-refractivity contribution in [1.82, 2.24) is 0 Å². The Balaban J connectivity index is 2.48. The number of esters is 2. The third-order valence-corrected chi connectivity index (χ3v) is 8.51. The van der Waals surface area contributed by atoms with Gasteiger partial charge in [0.1, 0.15) is 18.8 Å². The summed E-state index contributed by atoms with van der Waals surface area (Å²) in [6, 6.07) is 0. The van der Waals surface area contributed by atoms with Crippen molar-refractivity contribution >= 4 is 11.9 Å². The van der Waals surface area contributed by atoms with Gasteiger partial charge in [0.25, 0.3) is 0 Å². The predicted molar refractivity (Wildman–Crippen MR) is 222 cm³/mol. The Kier molecular flexibility index (Phi) is 31.3. The first-order chi connectivity index (χ1) is 26.8. The van der Waals surface area contributed by atoms with Crippen LogP contribution in [0.25, 0.3) is 0 Å². The molecule has 0 saturated carbocycles. The number of rotatable bonds is 30. The number of carbonyl (C=O) groups excluding carboxylic acids is 2. The Hall–Kier alpha value is -3.60. The number of hydrogen-bond donors (Lipinski definition) is 3. The molecule has 0 aliphatic carbocycles. The van der Waals surface area contributed by atoms with Crippen molar-refractivity contribution in [2.24, 2.45) is 5.92 Å². The molecule has 0 spiro atoms. The van der Waals surface area contributed by atoms with E-state index in [9.17, 15) is 24.9 Å². The van der Waals surface area contributed by atoms with Crippen molar-refractivity contribution in [3.63, 3.8) is 0 Å². The van der Waals surface area contributed by atoms with E-state index in [1.807, 2.05) is 12.2 Å². The van der Waals surface area contributed by atoms with E-state index in [4.69, 9.17) is 18.9 Å². The smallest absolute Gasteiger partial charge is 0.306 e. The first kappa shape index (κ1) is 49.4. The number of aliphatic hydroxyl groups excluding tert-OH is 3. The van der Waals surface area contributed by atoms with Crippen LogP contribution in [0.1, 0.15) is 111 Å². The Morgan fingerprint density at radius 3 is 1.53 bits per heavy atom. The SMILES string of the molecule is CC/C=C\C/C=C\C/C=C\C/C=C\C/C=C\CCCC(=O)OCC(COC1OC(CO)C(O)C(O)C1C)OC(=O)CC/C=C\C/C=C\C/C=C\C/C=C\CC. The van der Waals surface area contributed by atoms with E-state index in [1.165, 1.54) is 0 Å². The Bertz CT molecular complexity index is 1250. The molecule has 1 heterocycles. The molecule has 9 heteroatoms. The van der Waals surface area contributed by atoms with Crippen LogP contribution in [0.5, 0.6) is 0 Å². The number of hydrogen-bond acceptors (Lipinski definition) is 9. The zero-order valence-electron chi connectivity index (χ0n) is 33.7. The number of allylic oxidation sites excluding steroid dienone is 18. The molecular formula is C46H70O9. The fourth-order valence-corrected chi connectivity index (χ4v) is 5.26. The van der Waals surface area contributed by atoms with Crippen molar-refractivity contribution in [1.29, 1.82) is 0 Å². The average Bonchev–Trinajstić information content (AvgIpc) is 3.18. The third kappa shape index (κ3) is 26.8. The molecule has 0 radical (unpaired) electrons. The van der Waals surface area contributed by atoms with Crippen LogP contribution in [0.3, 0.4) is 0 Å². The third-order valence-electron chi connectivity index (χ3n) is 8.51. The van der Waals surface area contributed by atoms with Gasteiger partial charge in [0.05, 0.1) is 19.3 Å². The first-order valence-electron chi connectivity index (χ1n) is 20.3. The molecule has 0 bridgehead atoms. The van der Waals surface area contributed by atoms with Gasteiger partial charge in [-0.25, -0.2) is 0 Å². The molecule has 0 aromatic rings. The summed E-state index contributed by atoms with van der Waals surface area (Å²) in [6.45, 7) is 5.03. The predicted octanol–water partition coefficient (Wildman–Crippen LogP) is 9.04. The highest BCUT2D eigenvalue weighted by Gasteiger charge is 2.42. The Morgan fingerprint density at radius 1 is 0.600 bits per heavy atom. The number of aliphatic hydroxyl groups is 3. The second-order valence-corrected chi connectivity index (χ2v) is 13.3. The van der Waals surface area contributed by atoms with Gasteiger partial charge in [-0.05, 0) is 77.0 Å². The van der Waals surface area contributed by atoms with Crippen LogP contribution < -0.4 is 0 Å². The molecule has 9 nitrogen and oxygen atoms in total. The summed E-state index contributed by atoms with van der Waals surface area (Å²) in [4.78, 5) is 25.3. The molecule has 0 amide bonds. The van der Waals surface area contributed by atoms with Crippen LogP contribution in [0, 0.1) is 5.92 Å². The molecule has 6 atom stereocenters. The number of carbonyl (C=O) groups is 2. The second-order valence-electron chi connectivity index (χ2n) is 13.3. The molecule has 55 heavy (non-hydrogen) atoms. The lowest BCUT2D eigenvalue weighted by Gasteiger charge is -2.40. The summed E-state index contributed by atoms with van der Waals surface area (Å²) in [6.07, 6.45) is 43.4. The quantitative estimate of drug-likeness (QED) is 0.0372. The maximum atomic E-state index is 12.7. The lowest BCUT2D eigenvalue weighted by molar-refractivity contribution is -0.287. The van der Waals surface area contributed by atoms with E-state index >= 15 is 0 Å². The minimum absolute atomic E-state index is 0.139. The Labute approximate surface area is 331 Å². The summed E-state index contributed by atoms with van der Waals surface area (Å²) in [5.41, 5.74) is 0. The summed E-state index contributed by atoms with van der Waals surface area (Å²) in [5.74, 6) is -1.49. The maximum absolute atomic E-state index is 12.7. The summed E-state index contributed by atoms with van der Waals surface area (Å²) >= 11 is 0. The van der Waals surface area contributed by atoms with E-state index in [0.29, 0.717) is 12.8 Å². The molecule has 0 aromatic carbocycles. The van der Waals surface area contributed by atoms with Gasteiger partial charge in [-0.2, -0.15) is 0 Å². The van der Waals surface area contributed by atoms with Gasteiger partial charge in [-0.15, -0.1) is 0 Å². The molecule has 3 N–H and O–H groups in total. The molecule has 1 saturated heterocycles. The van der Waals surface area contributed by atoms with Gasteiger partial charge in [0.15, 0.2) is 12.4 Å². The second kappa shape index (κ2) is 34.9. The van der Waals surface area contributed by atoms with Crippen LogP contribution >= 0.6 is 0 Å².